The molecule has 8 nitrogen and oxygen atoms in total. The predicted molar refractivity (Wildman–Crippen MR) is 102 cm³/mol. The Balaban J connectivity index is 1.51. The first-order valence-electron chi connectivity index (χ1n) is 8.26. The van der Waals surface area contributed by atoms with E-state index in [0.717, 1.165) is 39.6 Å². The van der Waals surface area contributed by atoms with Gasteiger partial charge in [-0.25, -0.2) is 0 Å². The van der Waals surface area contributed by atoms with Crippen LogP contribution < -0.4 is 5.32 Å². The molecule has 1 atom stereocenters. The van der Waals surface area contributed by atoms with Crippen molar-refractivity contribution in [1.82, 2.24) is 20.4 Å². The molecule has 0 saturated carbocycles. The molecule has 27 heavy (non-hydrogen) atoms. The number of benzene rings is 1. The van der Waals surface area contributed by atoms with Gasteiger partial charge in [-0.15, -0.1) is 10.2 Å². The van der Waals surface area contributed by atoms with Crippen LogP contribution in [0.4, 0.5) is 4.79 Å². The number of amides is 3. The van der Waals surface area contributed by atoms with Gasteiger partial charge in [0.15, 0.2) is 0 Å². The van der Waals surface area contributed by atoms with Gasteiger partial charge in [-0.3, -0.25) is 19.3 Å². The molecule has 0 unspecified atom stereocenters. The smallest absolute Gasteiger partial charge is 0.288 e. The number of aromatic nitrogens is 2. The maximum Gasteiger partial charge on any atom is 0.288 e. The Bertz CT molecular complexity index is 854. The highest BCUT2D eigenvalue weighted by molar-refractivity contribution is 8.14. The number of aryl methyl sites for hydroxylation is 1. The van der Waals surface area contributed by atoms with Crippen LogP contribution in [0.5, 0.6) is 0 Å². The van der Waals surface area contributed by atoms with Crippen molar-refractivity contribution in [3.05, 3.63) is 29.8 Å². The Morgan fingerprint density at radius 3 is 2.85 bits per heavy atom. The molecule has 1 aliphatic rings. The third-order valence-electron chi connectivity index (χ3n) is 3.90. The monoisotopic (exact) mass is 406 g/mol. The van der Waals surface area contributed by atoms with E-state index in [1.54, 1.807) is 6.92 Å². The van der Waals surface area contributed by atoms with Gasteiger partial charge in [-0.2, -0.15) is 0 Å². The Kier molecular flexibility index (Phi) is 6.17. The van der Waals surface area contributed by atoms with Gasteiger partial charge in [0.1, 0.15) is 0 Å². The number of hydrogen-bond donors (Lipinski definition) is 1. The van der Waals surface area contributed by atoms with E-state index in [9.17, 15) is 14.4 Å². The lowest BCUT2D eigenvalue weighted by Gasteiger charge is -2.14. The highest BCUT2D eigenvalue weighted by atomic mass is 32.2. The third-order valence-corrected chi connectivity index (χ3v) is 5.70. The fourth-order valence-electron chi connectivity index (χ4n) is 2.42. The van der Waals surface area contributed by atoms with Gasteiger partial charge in [0.2, 0.25) is 17.7 Å². The standard InChI is InChI=1S/C17H18N4O4S2/c1-10-5-3-4-6-12(10)15-19-20-16(25-15)27-11(2)14(23)18-7-8-21-13(22)9-26-17(21)24/h3-6,11H,7-9H2,1-2H3,(H,18,23)/t11-/m1/s1. The van der Waals surface area contributed by atoms with Gasteiger partial charge in [-0.05, 0) is 25.5 Å². The fraction of sp³-hybridized carbons (Fsp3) is 0.353. The number of rotatable bonds is 7. The number of carbonyl (C=O) groups excluding carboxylic acids is 3. The molecule has 1 fully saturated rings. The largest absolute Gasteiger partial charge is 0.411 e. The molecule has 3 rings (SSSR count). The molecule has 2 heterocycles. The maximum atomic E-state index is 12.2. The lowest BCUT2D eigenvalue weighted by molar-refractivity contribution is -0.125. The summed E-state index contributed by atoms with van der Waals surface area (Å²) in [5.41, 5.74) is 1.87. The zero-order valence-corrected chi connectivity index (χ0v) is 16.4. The normalized spacial score (nSPS) is 15.3. The van der Waals surface area contributed by atoms with E-state index >= 15 is 0 Å². The lowest BCUT2D eigenvalue weighted by Crippen LogP contribution is -2.39. The summed E-state index contributed by atoms with van der Waals surface area (Å²) in [4.78, 5) is 36.4. The Hall–Kier alpha value is -2.33. The molecule has 2 aromatic rings. The third kappa shape index (κ3) is 4.69. The van der Waals surface area contributed by atoms with Crippen molar-refractivity contribution < 1.29 is 18.8 Å². The zero-order chi connectivity index (χ0) is 19.4. The highest BCUT2D eigenvalue weighted by Crippen LogP contribution is 2.27. The minimum atomic E-state index is -0.463. The number of nitrogens with one attached hydrogen (secondary N) is 1. The summed E-state index contributed by atoms with van der Waals surface area (Å²) in [6, 6.07) is 7.67. The van der Waals surface area contributed by atoms with Crippen LogP contribution in [0.2, 0.25) is 0 Å². The second kappa shape index (κ2) is 8.57. The van der Waals surface area contributed by atoms with Crippen LogP contribution >= 0.6 is 23.5 Å². The summed E-state index contributed by atoms with van der Waals surface area (Å²) in [6.07, 6.45) is 0. The molecule has 1 saturated heterocycles. The van der Waals surface area contributed by atoms with Crippen molar-refractivity contribution in [3.8, 4) is 11.5 Å². The molecule has 1 aromatic heterocycles. The Morgan fingerprint density at radius 2 is 2.15 bits per heavy atom. The van der Waals surface area contributed by atoms with Gasteiger partial charge in [-0.1, -0.05) is 41.7 Å². The Labute approximate surface area is 164 Å². The first-order valence-corrected chi connectivity index (χ1v) is 10.1. The van der Waals surface area contributed by atoms with E-state index in [1.165, 1.54) is 0 Å². The molecular formula is C17H18N4O4S2. The van der Waals surface area contributed by atoms with Crippen LogP contribution in [-0.2, 0) is 9.59 Å². The molecule has 1 aliphatic heterocycles. The van der Waals surface area contributed by atoms with Crippen LogP contribution in [0.3, 0.4) is 0 Å². The minimum Gasteiger partial charge on any atom is -0.411 e. The quantitative estimate of drug-likeness (QED) is 0.699. The topological polar surface area (TPSA) is 105 Å². The van der Waals surface area contributed by atoms with E-state index in [0.29, 0.717) is 11.1 Å². The summed E-state index contributed by atoms with van der Waals surface area (Å²) >= 11 is 2.13. The van der Waals surface area contributed by atoms with Crippen molar-refractivity contribution in [2.24, 2.45) is 0 Å². The van der Waals surface area contributed by atoms with Gasteiger partial charge in [0.25, 0.3) is 10.5 Å². The number of thioether (sulfide) groups is 2. The average molecular weight is 406 g/mol. The van der Waals surface area contributed by atoms with Crippen LogP contribution in [0.15, 0.2) is 33.9 Å². The second-order valence-electron chi connectivity index (χ2n) is 5.84. The molecule has 142 valence electrons. The van der Waals surface area contributed by atoms with Gasteiger partial charge in [0, 0.05) is 18.7 Å². The number of hydrogen-bond acceptors (Lipinski definition) is 8. The van der Waals surface area contributed by atoms with Crippen LogP contribution in [0.1, 0.15) is 12.5 Å². The summed E-state index contributed by atoms with van der Waals surface area (Å²) < 4.78 is 5.65. The van der Waals surface area contributed by atoms with E-state index in [-0.39, 0.29) is 35.9 Å². The maximum absolute atomic E-state index is 12.2. The lowest BCUT2D eigenvalue weighted by atomic mass is 10.1. The highest BCUT2D eigenvalue weighted by Gasteiger charge is 2.29. The molecule has 0 radical (unpaired) electrons. The molecule has 0 aliphatic carbocycles. The average Bonchev–Trinajstić information content (AvgIpc) is 3.23. The van der Waals surface area contributed by atoms with Crippen LogP contribution in [-0.4, -0.2) is 56.2 Å². The van der Waals surface area contributed by atoms with Crippen molar-refractivity contribution >= 4 is 40.6 Å². The van der Waals surface area contributed by atoms with Crippen LogP contribution in [0.25, 0.3) is 11.5 Å². The van der Waals surface area contributed by atoms with Crippen molar-refractivity contribution in [3.63, 3.8) is 0 Å². The predicted octanol–water partition coefficient (Wildman–Crippen LogP) is 2.34. The summed E-state index contributed by atoms with van der Waals surface area (Å²) in [5.74, 6) is 0.116. The van der Waals surface area contributed by atoms with E-state index in [4.69, 9.17) is 4.42 Å². The molecule has 0 spiro atoms. The minimum absolute atomic E-state index is 0.166. The molecule has 10 heteroatoms. The fourth-order valence-corrected chi connectivity index (χ4v) is 3.88. The van der Waals surface area contributed by atoms with E-state index < -0.39 is 5.25 Å². The molecule has 1 N–H and O–H groups in total. The van der Waals surface area contributed by atoms with Gasteiger partial charge >= 0.3 is 0 Å². The summed E-state index contributed by atoms with van der Waals surface area (Å²) in [5, 5.41) is 10.3. The first-order chi connectivity index (χ1) is 13.0. The van der Waals surface area contributed by atoms with Crippen molar-refractivity contribution in [1.29, 1.82) is 0 Å². The van der Waals surface area contributed by atoms with E-state index in [1.807, 2.05) is 31.2 Å². The van der Waals surface area contributed by atoms with Gasteiger partial charge in [0.05, 0.1) is 11.0 Å². The molecular weight excluding hydrogens is 388 g/mol. The van der Waals surface area contributed by atoms with Crippen LogP contribution in [0, 0.1) is 6.92 Å². The van der Waals surface area contributed by atoms with Gasteiger partial charge < -0.3 is 9.73 Å². The van der Waals surface area contributed by atoms with Crippen molar-refractivity contribution in [2.45, 2.75) is 24.3 Å². The molecule has 1 aromatic carbocycles. The summed E-state index contributed by atoms with van der Waals surface area (Å²) in [7, 11) is 0. The Morgan fingerprint density at radius 1 is 1.37 bits per heavy atom. The molecule has 3 amide bonds. The number of nitrogens with zero attached hydrogens (tertiary/aromatic N) is 3. The summed E-state index contributed by atoms with van der Waals surface area (Å²) in [6.45, 7) is 4.06. The number of carbonyl (C=O) groups is 3. The molecule has 0 bridgehead atoms. The van der Waals surface area contributed by atoms with E-state index in [2.05, 4.69) is 15.5 Å². The van der Waals surface area contributed by atoms with Crippen molar-refractivity contribution in [2.75, 3.05) is 18.8 Å². The SMILES string of the molecule is Cc1ccccc1-c1nnc(S[C@H](C)C(=O)NCCN2C(=O)CSC2=O)o1. The number of imide groups is 1. The zero-order valence-electron chi connectivity index (χ0n) is 14.8. The second-order valence-corrected chi connectivity index (χ2v) is 8.06. The first kappa shape index (κ1) is 19.4.